The van der Waals surface area contributed by atoms with Crippen LogP contribution < -0.4 is 10.6 Å². The van der Waals surface area contributed by atoms with Gasteiger partial charge in [-0.15, -0.1) is 0 Å². The van der Waals surface area contributed by atoms with E-state index in [9.17, 15) is 9.59 Å². The van der Waals surface area contributed by atoms with Crippen molar-refractivity contribution in [1.29, 1.82) is 5.26 Å². The maximum atomic E-state index is 11.7. The van der Waals surface area contributed by atoms with Crippen molar-refractivity contribution in [3.05, 3.63) is 29.8 Å². The highest BCUT2D eigenvalue weighted by molar-refractivity contribution is 5.93. The van der Waals surface area contributed by atoms with Crippen LogP contribution in [0, 0.1) is 11.3 Å². The van der Waals surface area contributed by atoms with E-state index in [2.05, 4.69) is 10.6 Å². The first-order valence-corrected chi connectivity index (χ1v) is 7.69. The van der Waals surface area contributed by atoms with Crippen LogP contribution in [-0.2, 0) is 14.3 Å². The van der Waals surface area contributed by atoms with E-state index in [1.165, 1.54) is 0 Å². The van der Waals surface area contributed by atoms with E-state index in [1.807, 2.05) is 19.9 Å². The molecule has 2 N–H and O–H groups in total. The predicted octanol–water partition coefficient (Wildman–Crippen LogP) is 2.21. The smallest absolute Gasteiger partial charge is 0.224 e. The van der Waals surface area contributed by atoms with Crippen molar-refractivity contribution in [1.82, 2.24) is 5.32 Å². The average molecular weight is 317 g/mol. The molecule has 1 aromatic carbocycles. The number of nitriles is 1. The highest BCUT2D eigenvalue weighted by Gasteiger charge is 2.07. The van der Waals surface area contributed by atoms with Gasteiger partial charge in [0.05, 0.1) is 17.7 Å². The number of carbonyl (C=O) groups is 2. The molecule has 0 atom stereocenters. The summed E-state index contributed by atoms with van der Waals surface area (Å²) >= 11 is 0. The molecule has 23 heavy (non-hydrogen) atoms. The molecule has 0 fully saturated rings. The highest BCUT2D eigenvalue weighted by Crippen LogP contribution is 2.09. The number of benzene rings is 1. The van der Waals surface area contributed by atoms with Crippen LogP contribution in [0.2, 0.25) is 0 Å². The monoisotopic (exact) mass is 317 g/mol. The molecule has 0 aromatic heterocycles. The topological polar surface area (TPSA) is 91.2 Å². The van der Waals surface area contributed by atoms with Crippen molar-refractivity contribution in [3.8, 4) is 6.07 Å². The van der Waals surface area contributed by atoms with E-state index in [0.29, 0.717) is 24.4 Å². The largest absolute Gasteiger partial charge is 0.379 e. The number of carbonyl (C=O) groups excluding carboxylic acids is 2. The number of ether oxygens (including phenoxy) is 1. The van der Waals surface area contributed by atoms with Crippen molar-refractivity contribution < 1.29 is 14.3 Å². The first-order valence-electron chi connectivity index (χ1n) is 7.69. The third-order valence-corrected chi connectivity index (χ3v) is 2.97. The van der Waals surface area contributed by atoms with Gasteiger partial charge >= 0.3 is 0 Å². The molecule has 0 heterocycles. The Morgan fingerprint density at radius 3 is 2.43 bits per heavy atom. The van der Waals surface area contributed by atoms with E-state index in [4.69, 9.17) is 10.00 Å². The molecule has 6 heteroatoms. The minimum absolute atomic E-state index is 0.119. The molecule has 0 aliphatic heterocycles. The summed E-state index contributed by atoms with van der Waals surface area (Å²) in [5.74, 6) is -0.377. The van der Waals surface area contributed by atoms with Crippen LogP contribution in [-0.4, -0.2) is 31.1 Å². The Morgan fingerprint density at radius 2 is 1.83 bits per heavy atom. The number of nitrogens with zero attached hydrogens (tertiary/aromatic N) is 1. The summed E-state index contributed by atoms with van der Waals surface area (Å²) < 4.78 is 5.37. The molecule has 0 aliphatic rings. The molecule has 0 spiro atoms. The van der Waals surface area contributed by atoms with Gasteiger partial charge in [-0.2, -0.15) is 5.26 Å². The third kappa shape index (κ3) is 8.59. The van der Waals surface area contributed by atoms with Crippen LogP contribution in [0.5, 0.6) is 0 Å². The highest BCUT2D eigenvalue weighted by atomic mass is 16.5. The Morgan fingerprint density at radius 1 is 1.17 bits per heavy atom. The quantitative estimate of drug-likeness (QED) is 0.683. The van der Waals surface area contributed by atoms with Gasteiger partial charge in [-0.3, -0.25) is 9.59 Å². The lowest BCUT2D eigenvalue weighted by molar-refractivity contribution is -0.124. The van der Waals surface area contributed by atoms with Gasteiger partial charge in [0.1, 0.15) is 0 Å². The van der Waals surface area contributed by atoms with E-state index in [1.54, 1.807) is 24.3 Å². The van der Waals surface area contributed by atoms with Gasteiger partial charge in [-0.1, -0.05) is 0 Å². The minimum atomic E-state index is -0.229. The van der Waals surface area contributed by atoms with Crippen LogP contribution in [0.1, 0.15) is 38.7 Å². The number of rotatable bonds is 9. The molecular weight excluding hydrogens is 294 g/mol. The van der Waals surface area contributed by atoms with Crippen LogP contribution in [0.4, 0.5) is 5.69 Å². The molecule has 0 saturated carbocycles. The molecule has 2 amide bonds. The summed E-state index contributed by atoms with van der Waals surface area (Å²) in [5, 5.41) is 14.1. The normalized spacial score (nSPS) is 10.2. The second-order valence-electron chi connectivity index (χ2n) is 5.36. The Kier molecular flexibility index (Phi) is 8.40. The zero-order valence-corrected chi connectivity index (χ0v) is 13.6. The number of amides is 2. The first-order chi connectivity index (χ1) is 11.0. The number of anilines is 1. The predicted molar refractivity (Wildman–Crippen MR) is 87.7 cm³/mol. The van der Waals surface area contributed by atoms with Gasteiger partial charge in [0.25, 0.3) is 0 Å². The molecule has 1 aromatic rings. The lowest BCUT2D eigenvalue weighted by atomic mass is 10.2. The van der Waals surface area contributed by atoms with E-state index in [-0.39, 0.29) is 30.8 Å². The first kappa shape index (κ1) is 18.7. The van der Waals surface area contributed by atoms with Gasteiger partial charge in [0.2, 0.25) is 11.8 Å². The number of hydrogen-bond donors (Lipinski definition) is 2. The van der Waals surface area contributed by atoms with Crippen LogP contribution in [0.25, 0.3) is 0 Å². The summed E-state index contributed by atoms with van der Waals surface area (Å²) in [7, 11) is 0. The Labute approximate surface area is 136 Å². The summed E-state index contributed by atoms with van der Waals surface area (Å²) in [6.45, 7) is 5.08. The molecule has 0 aliphatic carbocycles. The number of nitrogens with one attached hydrogen (secondary N) is 2. The fraction of sp³-hybridized carbons (Fsp3) is 0.471. The Hall–Kier alpha value is -2.39. The molecule has 0 bridgehead atoms. The molecule has 124 valence electrons. The molecular formula is C17H23N3O3. The maximum Gasteiger partial charge on any atom is 0.224 e. The zero-order valence-electron chi connectivity index (χ0n) is 13.6. The van der Waals surface area contributed by atoms with Crippen LogP contribution >= 0.6 is 0 Å². The molecule has 1 rings (SSSR count). The zero-order chi connectivity index (χ0) is 17.1. The van der Waals surface area contributed by atoms with E-state index >= 15 is 0 Å². The fourth-order valence-corrected chi connectivity index (χ4v) is 1.79. The summed E-state index contributed by atoms with van der Waals surface area (Å²) in [4.78, 5) is 23.4. The van der Waals surface area contributed by atoms with Gasteiger partial charge in [0.15, 0.2) is 0 Å². The fourth-order valence-electron chi connectivity index (χ4n) is 1.79. The summed E-state index contributed by atoms with van der Waals surface area (Å²) in [5.41, 5.74) is 1.14. The second kappa shape index (κ2) is 10.4. The van der Waals surface area contributed by atoms with Crippen molar-refractivity contribution in [2.75, 3.05) is 18.5 Å². The standard InChI is InChI=1S/C17H23N3O3/c1-13(2)23-11-3-10-19-16(21)8-9-17(22)20-15-6-4-14(12-18)5-7-15/h4-7,13H,3,8-11H2,1-2H3,(H,19,21)(H,20,22). The second-order valence-corrected chi connectivity index (χ2v) is 5.36. The maximum absolute atomic E-state index is 11.7. The van der Waals surface area contributed by atoms with Crippen molar-refractivity contribution in [2.45, 2.75) is 39.2 Å². The molecule has 0 radical (unpaired) electrons. The Balaban J connectivity index is 2.17. The van der Waals surface area contributed by atoms with Gasteiger partial charge in [-0.25, -0.2) is 0 Å². The van der Waals surface area contributed by atoms with Crippen LogP contribution in [0.3, 0.4) is 0 Å². The van der Waals surface area contributed by atoms with Crippen molar-refractivity contribution >= 4 is 17.5 Å². The van der Waals surface area contributed by atoms with Crippen molar-refractivity contribution in [3.63, 3.8) is 0 Å². The van der Waals surface area contributed by atoms with E-state index < -0.39 is 0 Å². The molecule has 0 saturated heterocycles. The average Bonchev–Trinajstić information content (AvgIpc) is 2.53. The molecule has 0 unspecified atom stereocenters. The third-order valence-electron chi connectivity index (χ3n) is 2.97. The SMILES string of the molecule is CC(C)OCCCNC(=O)CCC(=O)Nc1ccc(C#N)cc1. The summed E-state index contributed by atoms with van der Waals surface area (Å²) in [6, 6.07) is 8.58. The van der Waals surface area contributed by atoms with Gasteiger partial charge in [0, 0.05) is 31.7 Å². The van der Waals surface area contributed by atoms with Gasteiger partial charge < -0.3 is 15.4 Å². The van der Waals surface area contributed by atoms with Crippen LogP contribution in [0.15, 0.2) is 24.3 Å². The van der Waals surface area contributed by atoms with Gasteiger partial charge in [-0.05, 0) is 44.5 Å². The minimum Gasteiger partial charge on any atom is -0.379 e. The Bertz CT molecular complexity index is 547. The molecule has 6 nitrogen and oxygen atoms in total. The lowest BCUT2D eigenvalue weighted by Crippen LogP contribution is -2.26. The van der Waals surface area contributed by atoms with E-state index in [0.717, 1.165) is 6.42 Å². The number of hydrogen-bond acceptors (Lipinski definition) is 4. The van der Waals surface area contributed by atoms with Crippen molar-refractivity contribution in [2.24, 2.45) is 0 Å². The lowest BCUT2D eigenvalue weighted by Gasteiger charge is -2.08. The summed E-state index contributed by atoms with van der Waals surface area (Å²) in [6.07, 6.45) is 1.21.